The van der Waals surface area contributed by atoms with Crippen LogP contribution in [0, 0.1) is 5.92 Å². The first-order valence-electron chi connectivity index (χ1n) is 8.75. The number of hydrogen-bond donors (Lipinski definition) is 2. The molecule has 2 aliphatic rings. The molecule has 2 fully saturated rings. The number of rotatable bonds is 6. The number of aliphatic hydroxyl groups is 2. The van der Waals surface area contributed by atoms with Crippen LogP contribution in [0.4, 0.5) is 0 Å². The predicted octanol–water partition coefficient (Wildman–Crippen LogP) is 0.941. The van der Waals surface area contributed by atoms with Crippen LogP contribution in [0.15, 0.2) is 0 Å². The van der Waals surface area contributed by atoms with E-state index in [1.165, 1.54) is 6.92 Å². The molecule has 0 spiro atoms. The molecule has 2 heterocycles. The van der Waals surface area contributed by atoms with Crippen LogP contribution >= 0.6 is 0 Å². The van der Waals surface area contributed by atoms with Crippen molar-refractivity contribution in [1.29, 1.82) is 0 Å². The fraction of sp³-hybridized carbons (Fsp3) is 0.882. The van der Waals surface area contributed by atoms with Crippen LogP contribution in [-0.2, 0) is 23.8 Å². The van der Waals surface area contributed by atoms with Crippen molar-refractivity contribution in [3.8, 4) is 0 Å². The molecule has 2 N–H and O–H groups in total. The standard InChI is InChI=1S/C17H28O7/c1-10-15(19)16(20)14-8-7-13(23-14)12(24-17(10)21)6-4-3-5-9-22-11(2)18/h10,12-16,19-20H,3-9H2,1-2H3. The zero-order valence-corrected chi connectivity index (χ0v) is 14.3. The molecule has 138 valence electrons. The third-order valence-corrected chi connectivity index (χ3v) is 4.82. The average Bonchev–Trinajstić information content (AvgIpc) is 3.03. The summed E-state index contributed by atoms with van der Waals surface area (Å²) in [6, 6.07) is 0. The Morgan fingerprint density at radius 1 is 1.17 bits per heavy atom. The minimum Gasteiger partial charge on any atom is -0.466 e. The molecule has 0 radical (unpaired) electrons. The maximum Gasteiger partial charge on any atom is 0.311 e. The van der Waals surface area contributed by atoms with E-state index in [4.69, 9.17) is 14.2 Å². The first kappa shape index (κ1) is 19.1. The Morgan fingerprint density at radius 2 is 1.88 bits per heavy atom. The van der Waals surface area contributed by atoms with Gasteiger partial charge in [0.1, 0.15) is 12.2 Å². The monoisotopic (exact) mass is 344 g/mol. The van der Waals surface area contributed by atoms with Gasteiger partial charge in [-0.2, -0.15) is 0 Å². The third kappa shape index (κ3) is 4.91. The Bertz CT molecular complexity index is 439. The number of carbonyl (C=O) groups is 2. The lowest BCUT2D eigenvalue weighted by molar-refractivity contribution is -0.162. The Labute approximate surface area is 142 Å². The smallest absolute Gasteiger partial charge is 0.311 e. The van der Waals surface area contributed by atoms with E-state index in [1.54, 1.807) is 6.92 Å². The molecule has 2 bridgehead atoms. The zero-order chi connectivity index (χ0) is 17.7. The number of cyclic esters (lactones) is 1. The molecule has 0 aromatic heterocycles. The minimum absolute atomic E-state index is 0.237. The number of aliphatic hydroxyl groups excluding tert-OH is 2. The molecular weight excluding hydrogens is 316 g/mol. The summed E-state index contributed by atoms with van der Waals surface area (Å²) < 4.78 is 16.3. The van der Waals surface area contributed by atoms with Gasteiger partial charge in [0.2, 0.25) is 0 Å². The molecule has 2 saturated heterocycles. The van der Waals surface area contributed by atoms with Gasteiger partial charge in [-0.1, -0.05) is 0 Å². The molecule has 6 unspecified atom stereocenters. The summed E-state index contributed by atoms with van der Waals surface area (Å²) in [4.78, 5) is 22.9. The van der Waals surface area contributed by atoms with Crippen LogP contribution in [0.5, 0.6) is 0 Å². The fourth-order valence-electron chi connectivity index (χ4n) is 3.29. The van der Waals surface area contributed by atoms with Gasteiger partial charge >= 0.3 is 11.9 Å². The highest BCUT2D eigenvalue weighted by molar-refractivity contribution is 5.73. The SMILES string of the molecule is CC(=O)OCCCCCC1OC(=O)C(C)C(O)C(O)C2CCC1O2. The predicted molar refractivity (Wildman–Crippen MR) is 84.1 cm³/mol. The summed E-state index contributed by atoms with van der Waals surface area (Å²) >= 11 is 0. The number of esters is 2. The molecule has 0 amide bonds. The lowest BCUT2D eigenvalue weighted by atomic mass is 9.93. The van der Waals surface area contributed by atoms with Gasteiger partial charge in [0.25, 0.3) is 0 Å². The number of unbranched alkanes of at least 4 members (excludes halogenated alkanes) is 2. The van der Waals surface area contributed by atoms with Crippen molar-refractivity contribution >= 4 is 11.9 Å². The van der Waals surface area contributed by atoms with E-state index in [-0.39, 0.29) is 18.2 Å². The minimum atomic E-state index is -1.18. The molecule has 0 saturated carbocycles. The van der Waals surface area contributed by atoms with Gasteiger partial charge in [-0.15, -0.1) is 0 Å². The second-order valence-corrected chi connectivity index (χ2v) is 6.72. The van der Waals surface area contributed by atoms with Crippen molar-refractivity contribution < 1.29 is 34.0 Å². The molecule has 7 nitrogen and oxygen atoms in total. The Morgan fingerprint density at radius 3 is 2.58 bits per heavy atom. The summed E-state index contributed by atoms with van der Waals surface area (Å²) in [5.74, 6) is -1.56. The molecule has 7 heteroatoms. The maximum atomic E-state index is 12.2. The Balaban J connectivity index is 1.87. The normalized spacial score (nSPS) is 36.4. The van der Waals surface area contributed by atoms with E-state index in [0.29, 0.717) is 25.9 Å². The molecular formula is C17H28O7. The average molecular weight is 344 g/mol. The summed E-state index contributed by atoms with van der Waals surface area (Å²) in [5.41, 5.74) is 0. The van der Waals surface area contributed by atoms with Crippen molar-refractivity contribution in [2.75, 3.05) is 6.61 Å². The first-order valence-corrected chi connectivity index (χ1v) is 8.75. The van der Waals surface area contributed by atoms with E-state index in [9.17, 15) is 19.8 Å². The summed E-state index contributed by atoms with van der Waals surface area (Å²) in [7, 11) is 0. The van der Waals surface area contributed by atoms with Crippen LogP contribution in [-0.4, -0.2) is 59.3 Å². The van der Waals surface area contributed by atoms with Crippen molar-refractivity contribution in [3.63, 3.8) is 0 Å². The van der Waals surface area contributed by atoms with Crippen molar-refractivity contribution in [2.24, 2.45) is 5.92 Å². The molecule has 2 aliphatic heterocycles. The van der Waals surface area contributed by atoms with Crippen LogP contribution in [0.1, 0.15) is 52.4 Å². The lowest BCUT2D eigenvalue weighted by Gasteiger charge is -2.25. The van der Waals surface area contributed by atoms with Crippen LogP contribution in [0.25, 0.3) is 0 Å². The molecule has 0 aromatic carbocycles. The van der Waals surface area contributed by atoms with Gasteiger partial charge in [-0.25, -0.2) is 0 Å². The van der Waals surface area contributed by atoms with Gasteiger partial charge < -0.3 is 24.4 Å². The largest absolute Gasteiger partial charge is 0.466 e. The quantitative estimate of drug-likeness (QED) is 0.546. The second-order valence-electron chi connectivity index (χ2n) is 6.72. The number of fused-ring (bicyclic) bond motifs is 2. The van der Waals surface area contributed by atoms with E-state index in [0.717, 1.165) is 19.3 Å². The summed E-state index contributed by atoms with van der Waals surface area (Å²) in [6.07, 6.45) is 1.16. The van der Waals surface area contributed by atoms with Crippen LogP contribution in [0.2, 0.25) is 0 Å². The molecule has 6 atom stereocenters. The third-order valence-electron chi connectivity index (χ3n) is 4.82. The number of hydrogen-bond acceptors (Lipinski definition) is 7. The Kier molecular flexibility index (Phi) is 7.01. The zero-order valence-electron chi connectivity index (χ0n) is 14.3. The second kappa shape index (κ2) is 8.78. The maximum absolute atomic E-state index is 12.2. The van der Waals surface area contributed by atoms with E-state index < -0.39 is 30.2 Å². The van der Waals surface area contributed by atoms with E-state index in [2.05, 4.69) is 0 Å². The topological polar surface area (TPSA) is 102 Å². The molecule has 24 heavy (non-hydrogen) atoms. The van der Waals surface area contributed by atoms with Gasteiger partial charge in [0.05, 0.1) is 30.8 Å². The summed E-state index contributed by atoms with van der Waals surface area (Å²) in [6.45, 7) is 3.34. The van der Waals surface area contributed by atoms with Crippen LogP contribution in [0.3, 0.4) is 0 Å². The van der Waals surface area contributed by atoms with Gasteiger partial charge in [0, 0.05) is 6.92 Å². The van der Waals surface area contributed by atoms with Crippen molar-refractivity contribution in [3.05, 3.63) is 0 Å². The van der Waals surface area contributed by atoms with E-state index in [1.807, 2.05) is 0 Å². The van der Waals surface area contributed by atoms with Gasteiger partial charge in [-0.05, 0) is 45.4 Å². The Hall–Kier alpha value is -1.18. The highest BCUT2D eigenvalue weighted by atomic mass is 16.6. The lowest BCUT2D eigenvalue weighted by Crippen LogP contribution is -2.43. The highest BCUT2D eigenvalue weighted by Gasteiger charge is 2.44. The van der Waals surface area contributed by atoms with Crippen molar-refractivity contribution in [1.82, 2.24) is 0 Å². The van der Waals surface area contributed by atoms with Crippen molar-refractivity contribution in [2.45, 2.75) is 82.9 Å². The van der Waals surface area contributed by atoms with Gasteiger partial charge in [0.15, 0.2) is 0 Å². The van der Waals surface area contributed by atoms with E-state index >= 15 is 0 Å². The number of ether oxygens (including phenoxy) is 3. The molecule has 2 rings (SSSR count). The number of carbonyl (C=O) groups excluding carboxylic acids is 2. The molecule has 0 aromatic rings. The summed E-state index contributed by atoms with van der Waals surface area (Å²) in [5, 5.41) is 20.3. The fourth-order valence-corrected chi connectivity index (χ4v) is 3.29. The highest BCUT2D eigenvalue weighted by Crippen LogP contribution is 2.32. The first-order chi connectivity index (χ1) is 11.4. The molecule has 0 aliphatic carbocycles. The van der Waals surface area contributed by atoms with Crippen LogP contribution < -0.4 is 0 Å². The van der Waals surface area contributed by atoms with Gasteiger partial charge in [-0.3, -0.25) is 9.59 Å².